The Labute approximate surface area is 92.3 Å². The van der Waals surface area contributed by atoms with Gasteiger partial charge in [0.15, 0.2) is 0 Å². The maximum atomic E-state index is 11.7. The topological polar surface area (TPSA) is 12.5 Å². The van der Waals surface area contributed by atoms with E-state index in [2.05, 4.69) is 9.64 Å². The SMILES string of the molecule is FC(F)(F)COCCN(CCCl)C1CC1. The van der Waals surface area contributed by atoms with Crippen molar-refractivity contribution in [2.24, 2.45) is 0 Å². The third-order valence-corrected chi connectivity index (χ3v) is 2.39. The van der Waals surface area contributed by atoms with E-state index in [4.69, 9.17) is 11.6 Å². The Balaban J connectivity index is 2.06. The summed E-state index contributed by atoms with van der Waals surface area (Å²) in [6, 6.07) is 0.512. The van der Waals surface area contributed by atoms with Crippen molar-refractivity contribution in [2.75, 3.05) is 32.2 Å². The quantitative estimate of drug-likeness (QED) is 0.504. The van der Waals surface area contributed by atoms with Gasteiger partial charge in [-0.1, -0.05) is 0 Å². The molecule has 0 amide bonds. The van der Waals surface area contributed by atoms with Gasteiger partial charge in [0.05, 0.1) is 6.61 Å². The molecule has 0 atom stereocenters. The highest BCUT2D eigenvalue weighted by atomic mass is 35.5. The molecule has 0 radical (unpaired) electrons. The van der Waals surface area contributed by atoms with E-state index in [9.17, 15) is 13.2 Å². The maximum absolute atomic E-state index is 11.7. The van der Waals surface area contributed by atoms with E-state index in [1.165, 1.54) is 0 Å². The smallest absolute Gasteiger partial charge is 0.371 e. The molecule has 1 fully saturated rings. The van der Waals surface area contributed by atoms with E-state index in [0.29, 0.717) is 18.5 Å². The molecule has 90 valence electrons. The average Bonchev–Trinajstić information content (AvgIpc) is 2.91. The van der Waals surface area contributed by atoms with E-state index in [-0.39, 0.29) is 6.61 Å². The van der Waals surface area contributed by atoms with Crippen LogP contribution < -0.4 is 0 Å². The van der Waals surface area contributed by atoms with Crippen molar-refractivity contribution in [3.8, 4) is 0 Å². The zero-order valence-electron chi connectivity index (χ0n) is 8.39. The highest BCUT2D eigenvalue weighted by molar-refractivity contribution is 6.18. The summed E-state index contributed by atoms with van der Waals surface area (Å²) in [7, 11) is 0. The van der Waals surface area contributed by atoms with Crippen molar-refractivity contribution in [3.05, 3.63) is 0 Å². The first-order valence-electron chi connectivity index (χ1n) is 4.97. The molecule has 1 rings (SSSR count). The van der Waals surface area contributed by atoms with Crippen LogP contribution in [0.15, 0.2) is 0 Å². The van der Waals surface area contributed by atoms with Crippen LogP contribution in [0.2, 0.25) is 0 Å². The molecule has 1 saturated carbocycles. The lowest BCUT2D eigenvalue weighted by molar-refractivity contribution is -0.174. The summed E-state index contributed by atoms with van der Waals surface area (Å²) < 4.78 is 39.8. The van der Waals surface area contributed by atoms with Gasteiger partial charge in [0, 0.05) is 25.0 Å². The van der Waals surface area contributed by atoms with Crippen molar-refractivity contribution >= 4 is 11.6 Å². The zero-order chi connectivity index (χ0) is 11.3. The Morgan fingerprint density at radius 2 is 1.93 bits per heavy atom. The van der Waals surface area contributed by atoms with Crippen molar-refractivity contribution in [1.82, 2.24) is 4.90 Å². The fourth-order valence-electron chi connectivity index (χ4n) is 1.39. The predicted molar refractivity (Wildman–Crippen MR) is 52.2 cm³/mol. The molecule has 0 aliphatic heterocycles. The molecule has 0 N–H and O–H groups in total. The van der Waals surface area contributed by atoms with Crippen LogP contribution in [0.4, 0.5) is 13.2 Å². The Morgan fingerprint density at radius 3 is 2.40 bits per heavy atom. The van der Waals surface area contributed by atoms with Crippen LogP contribution in [-0.4, -0.2) is 49.3 Å². The summed E-state index contributed by atoms with van der Waals surface area (Å²) in [6.45, 7) is 0.217. The summed E-state index contributed by atoms with van der Waals surface area (Å²) in [5, 5.41) is 0. The van der Waals surface area contributed by atoms with Crippen molar-refractivity contribution < 1.29 is 17.9 Å². The second kappa shape index (κ2) is 5.92. The van der Waals surface area contributed by atoms with Crippen LogP contribution in [0, 0.1) is 0 Å². The highest BCUT2D eigenvalue weighted by Gasteiger charge is 2.29. The van der Waals surface area contributed by atoms with Gasteiger partial charge >= 0.3 is 6.18 Å². The maximum Gasteiger partial charge on any atom is 0.411 e. The molecule has 2 nitrogen and oxygen atoms in total. The second-order valence-electron chi connectivity index (χ2n) is 3.62. The second-order valence-corrected chi connectivity index (χ2v) is 4.00. The van der Waals surface area contributed by atoms with Crippen LogP contribution in [0.1, 0.15) is 12.8 Å². The first-order valence-corrected chi connectivity index (χ1v) is 5.51. The average molecular weight is 246 g/mol. The first-order chi connectivity index (χ1) is 7.03. The molecule has 0 unspecified atom stereocenters. The molecule has 1 aliphatic carbocycles. The van der Waals surface area contributed by atoms with Gasteiger partial charge < -0.3 is 4.74 Å². The summed E-state index contributed by atoms with van der Waals surface area (Å²) in [4.78, 5) is 2.09. The Morgan fingerprint density at radius 1 is 1.27 bits per heavy atom. The molecule has 15 heavy (non-hydrogen) atoms. The highest BCUT2D eigenvalue weighted by Crippen LogP contribution is 2.26. The van der Waals surface area contributed by atoms with Gasteiger partial charge in [-0.05, 0) is 12.8 Å². The standard InChI is InChI=1S/C9H15ClF3NO/c10-3-4-14(8-1-2-8)5-6-15-7-9(11,12)13/h8H,1-7H2. The summed E-state index contributed by atoms with van der Waals surface area (Å²) in [5.41, 5.74) is 0. The van der Waals surface area contributed by atoms with E-state index in [1.54, 1.807) is 0 Å². The first kappa shape index (κ1) is 13.1. The third kappa shape index (κ3) is 6.22. The van der Waals surface area contributed by atoms with E-state index in [0.717, 1.165) is 19.4 Å². The van der Waals surface area contributed by atoms with Crippen molar-refractivity contribution in [3.63, 3.8) is 0 Å². The number of hydrogen-bond donors (Lipinski definition) is 0. The van der Waals surface area contributed by atoms with Gasteiger partial charge in [-0.15, -0.1) is 11.6 Å². The summed E-state index contributed by atoms with van der Waals surface area (Å²) in [6.07, 6.45) is -1.98. The molecule has 0 spiro atoms. The molecule has 0 aromatic carbocycles. The van der Waals surface area contributed by atoms with Gasteiger partial charge in [0.2, 0.25) is 0 Å². The summed E-state index contributed by atoms with van der Waals surface area (Å²) >= 11 is 5.59. The molecule has 0 saturated heterocycles. The largest absolute Gasteiger partial charge is 0.411 e. The lowest BCUT2D eigenvalue weighted by Crippen LogP contribution is -2.32. The molecule has 0 aromatic heterocycles. The molecule has 0 heterocycles. The van der Waals surface area contributed by atoms with Gasteiger partial charge in [-0.25, -0.2) is 0 Å². The molecular formula is C9H15ClF3NO. The van der Waals surface area contributed by atoms with Crippen LogP contribution in [-0.2, 0) is 4.74 Å². The lowest BCUT2D eigenvalue weighted by Gasteiger charge is -2.20. The van der Waals surface area contributed by atoms with Gasteiger partial charge in [0.25, 0.3) is 0 Å². The van der Waals surface area contributed by atoms with Crippen LogP contribution >= 0.6 is 11.6 Å². The summed E-state index contributed by atoms with van der Waals surface area (Å²) in [5.74, 6) is 0.510. The van der Waals surface area contributed by atoms with Gasteiger partial charge in [-0.2, -0.15) is 13.2 Å². The number of hydrogen-bond acceptors (Lipinski definition) is 2. The number of rotatable bonds is 7. The van der Waals surface area contributed by atoms with E-state index < -0.39 is 12.8 Å². The minimum atomic E-state index is -4.23. The molecule has 1 aliphatic rings. The minimum absolute atomic E-state index is 0.118. The zero-order valence-corrected chi connectivity index (χ0v) is 9.15. The third-order valence-electron chi connectivity index (χ3n) is 2.22. The van der Waals surface area contributed by atoms with Gasteiger partial charge in [0.1, 0.15) is 6.61 Å². The lowest BCUT2D eigenvalue weighted by atomic mass is 10.4. The Kier molecular flexibility index (Phi) is 5.15. The predicted octanol–water partition coefficient (Wildman–Crippen LogP) is 2.27. The van der Waals surface area contributed by atoms with E-state index >= 15 is 0 Å². The fraction of sp³-hybridized carbons (Fsp3) is 1.00. The molecule has 6 heteroatoms. The molecule has 0 aromatic rings. The number of alkyl halides is 4. The minimum Gasteiger partial charge on any atom is -0.371 e. The van der Waals surface area contributed by atoms with Crippen molar-refractivity contribution in [2.45, 2.75) is 25.1 Å². The molecular weight excluding hydrogens is 231 g/mol. The van der Waals surface area contributed by atoms with Crippen LogP contribution in [0.25, 0.3) is 0 Å². The normalized spacial score (nSPS) is 17.4. The number of halogens is 4. The Hall–Kier alpha value is 0. The van der Waals surface area contributed by atoms with Crippen LogP contribution in [0.5, 0.6) is 0 Å². The van der Waals surface area contributed by atoms with Crippen molar-refractivity contribution in [1.29, 1.82) is 0 Å². The monoisotopic (exact) mass is 245 g/mol. The number of nitrogens with zero attached hydrogens (tertiary/aromatic N) is 1. The van der Waals surface area contributed by atoms with Crippen LogP contribution in [0.3, 0.4) is 0 Å². The number of ether oxygens (including phenoxy) is 1. The molecule has 0 bridgehead atoms. The fourth-order valence-corrected chi connectivity index (χ4v) is 1.61. The Bertz CT molecular complexity index is 185. The van der Waals surface area contributed by atoms with Gasteiger partial charge in [-0.3, -0.25) is 4.90 Å². The van der Waals surface area contributed by atoms with E-state index in [1.807, 2.05) is 0 Å².